The van der Waals surface area contributed by atoms with E-state index >= 15 is 0 Å². The number of nitrogens with one attached hydrogen (secondary N) is 1. The minimum Gasteiger partial charge on any atom is -0.484 e. The summed E-state index contributed by atoms with van der Waals surface area (Å²) in [6.07, 6.45) is 0. The van der Waals surface area contributed by atoms with Crippen LogP contribution in [0.15, 0.2) is 24.3 Å². The molecular weight excluding hydrogens is 168 g/mol. The molecule has 0 fully saturated rings. The maximum Gasteiger partial charge on any atom is 0.257 e. The van der Waals surface area contributed by atoms with Crippen LogP contribution in [0.25, 0.3) is 0 Å². The van der Waals surface area contributed by atoms with E-state index in [-0.39, 0.29) is 12.5 Å². The standard InChI is InChI=1S/C9H12N2O2/c1-11-9(12)6-13-8-4-2-7(10)3-5-8/h2-5H,6,10H2,1H3,(H,11,12). The molecule has 4 heteroatoms. The lowest BCUT2D eigenvalue weighted by Crippen LogP contribution is -2.24. The van der Waals surface area contributed by atoms with Crippen LogP contribution < -0.4 is 15.8 Å². The number of nitrogen functional groups attached to an aromatic ring is 1. The summed E-state index contributed by atoms with van der Waals surface area (Å²) < 4.78 is 5.15. The Bertz CT molecular complexity index is 282. The zero-order chi connectivity index (χ0) is 9.68. The van der Waals surface area contributed by atoms with Crippen LogP contribution in [0.4, 0.5) is 5.69 Å². The molecule has 1 aromatic carbocycles. The number of likely N-dealkylation sites (N-methyl/N-ethyl adjacent to an activating group) is 1. The molecule has 0 saturated carbocycles. The van der Waals surface area contributed by atoms with E-state index in [0.29, 0.717) is 11.4 Å². The van der Waals surface area contributed by atoms with Gasteiger partial charge in [0.25, 0.3) is 5.91 Å². The average molecular weight is 180 g/mol. The Morgan fingerprint density at radius 2 is 2.08 bits per heavy atom. The molecule has 13 heavy (non-hydrogen) atoms. The van der Waals surface area contributed by atoms with Crippen LogP contribution in [0, 0.1) is 0 Å². The summed E-state index contributed by atoms with van der Waals surface area (Å²) in [5.74, 6) is 0.481. The van der Waals surface area contributed by atoms with Crippen LogP contribution in [0.2, 0.25) is 0 Å². The molecule has 0 saturated heterocycles. The lowest BCUT2D eigenvalue weighted by molar-refractivity contribution is -0.122. The molecule has 0 unspecified atom stereocenters. The van der Waals surface area contributed by atoms with Crippen molar-refractivity contribution in [1.82, 2.24) is 5.32 Å². The van der Waals surface area contributed by atoms with E-state index in [1.54, 1.807) is 31.3 Å². The first-order valence-electron chi connectivity index (χ1n) is 3.91. The second kappa shape index (κ2) is 4.35. The van der Waals surface area contributed by atoms with Crippen molar-refractivity contribution in [3.8, 4) is 5.75 Å². The summed E-state index contributed by atoms with van der Waals surface area (Å²) in [6.45, 7) is 0.0282. The maximum atomic E-state index is 10.8. The fourth-order valence-electron chi connectivity index (χ4n) is 0.785. The monoisotopic (exact) mass is 180 g/mol. The highest BCUT2D eigenvalue weighted by Gasteiger charge is 1.98. The maximum absolute atomic E-state index is 10.8. The lowest BCUT2D eigenvalue weighted by Gasteiger charge is -2.04. The summed E-state index contributed by atoms with van der Waals surface area (Å²) in [4.78, 5) is 10.8. The van der Waals surface area contributed by atoms with Gasteiger partial charge in [-0.05, 0) is 24.3 Å². The molecule has 0 aliphatic rings. The van der Waals surface area contributed by atoms with Gasteiger partial charge in [0, 0.05) is 12.7 Å². The third kappa shape index (κ3) is 3.02. The average Bonchev–Trinajstić information content (AvgIpc) is 2.16. The fourth-order valence-corrected chi connectivity index (χ4v) is 0.785. The van der Waals surface area contributed by atoms with Gasteiger partial charge < -0.3 is 15.8 Å². The van der Waals surface area contributed by atoms with Crippen LogP contribution in [0.3, 0.4) is 0 Å². The second-order valence-corrected chi connectivity index (χ2v) is 2.53. The first-order chi connectivity index (χ1) is 6.22. The van der Waals surface area contributed by atoms with E-state index in [0.717, 1.165) is 0 Å². The Morgan fingerprint density at radius 3 is 2.62 bits per heavy atom. The number of carbonyl (C=O) groups is 1. The van der Waals surface area contributed by atoms with Gasteiger partial charge in [-0.2, -0.15) is 0 Å². The van der Waals surface area contributed by atoms with E-state index in [1.165, 1.54) is 0 Å². The topological polar surface area (TPSA) is 64.3 Å². The van der Waals surface area contributed by atoms with Crippen molar-refractivity contribution >= 4 is 11.6 Å². The number of anilines is 1. The number of rotatable bonds is 3. The summed E-state index contributed by atoms with van der Waals surface area (Å²) in [5.41, 5.74) is 6.15. The zero-order valence-electron chi connectivity index (χ0n) is 7.41. The van der Waals surface area contributed by atoms with Crippen molar-refractivity contribution in [3.05, 3.63) is 24.3 Å². The molecule has 0 bridgehead atoms. The summed E-state index contributed by atoms with van der Waals surface area (Å²) >= 11 is 0. The van der Waals surface area contributed by atoms with Crippen LogP contribution in [-0.2, 0) is 4.79 Å². The van der Waals surface area contributed by atoms with E-state index in [2.05, 4.69) is 5.32 Å². The van der Waals surface area contributed by atoms with Crippen LogP contribution >= 0.6 is 0 Å². The van der Waals surface area contributed by atoms with Gasteiger partial charge in [-0.1, -0.05) is 0 Å². The minimum atomic E-state index is -0.156. The molecule has 0 spiro atoms. The molecular formula is C9H12N2O2. The van der Waals surface area contributed by atoms with Crippen molar-refractivity contribution in [2.45, 2.75) is 0 Å². The number of carbonyl (C=O) groups excluding carboxylic acids is 1. The zero-order valence-corrected chi connectivity index (χ0v) is 7.41. The van der Waals surface area contributed by atoms with Gasteiger partial charge in [-0.15, -0.1) is 0 Å². The van der Waals surface area contributed by atoms with Gasteiger partial charge in [-0.25, -0.2) is 0 Å². The molecule has 1 rings (SSSR count). The molecule has 0 aromatic heterocycles. The summed E-state index contributed by atoms with van der Waals surface area (Å²) in [5, 5.41) is 2.46. The van der Waals surface area contributed by atoms with E-state index < -0.39 is 0 Å². The Labute approximate surface area is 76.7 Å². The highest BCUT2D eigenvalue weighted by molar-refractivity contribution is 5.77. The molecule has 70 valence electrons. The minimum absolute atomic E-state index is 0.0282. The predicted molar refractivity (Wildman–Crippen MR) is 50.4 cm³/mol. The van der Waals surface area contributed by atoms with Crippen LogP contribution in [0.1, 0.15) is 0 Å². The van der Waals surface area contributed by atoms with Crippen molar-refractivity contribution < 1.29 is 9.53 Å². The fraction of sp³-hybridized carbons (Fsp3) is 0.222. The number of benzene rings is 1. The molecule has 0 atom stereocenters. The van der Waals surface area contributed by atoms with Crippen molar-refractivity contribution in [2.75, 3.05) is 19.4 Å². The highest BCUT2D eigenvalue weighted by Crippen LogP contribution is 2.12. The first-order valence-corrected chi connectivity index (χ1v) is 3.91. The highest BCUT2D eigenvalue weighted by atomic mass is 16.5. The lowest BCUT2D eigenvalue weighted by atomic mass is 10.3. The smallest absolute Gasteiger partial charge is 0.257 e. The van der Waals surface area contributed by atoms with Gasteiger partial charge in [0.05, 0.1) is 0 Å². The molecule has 1 amide bonds. The van der Waals surface area contributed by atoms with Crippen LogP contribution in [0.5, 0.6) is 5.75 Å². The quantitative estimate of drug-likeness (QED) is 0.661. The molecule has 0 heterocycles. The Kier molecular flexibility index (Phi) is 3.14. The first kappa shape index (κ1) is 9.38. The Morgan fingerprint density at radius 1 is 1.46 bits per heavy atom. The van der Waals surface area contributed by atoms with Crippen LogP contribution in [-0.4, -0.2) is 19.6 Å². The van der Waals surface area contributed by atoms with Gasteiger partial charge in [-0.3, -0.25) is 4.79 Å². The normalized spacial score (nSPS) is 9.31. The molecule has 1 aromatic rings. The van der Waals surface area contributed by atoms with Gasteiger partial charge in [0.15, 0.2) is 6.61 Å². The Balaban J connectivity index is 2.46. The molecule has 0 aliphatic carbocycles. The molecule has 4 nitrogen and oxygen atoms in total. The number of nitrogens with two attached hydrogens (primary N) is 1. The van der Waals surface area contributed by atoms with E-state index in [1.807, 2.05) is 0 Å². The Hall–Kier alpha value is -1.71. The number of hydrogen-bond donors (Lipinski definition) is 2. The van der Waals surface area contributed by atoms with E-state index in [4.69, 9.17) is 10.5 Å². The van der Waals surface area contributed by atoms with Crippen molar-refractivity contribution in [2.24, 2.45) is 0 Å². The largest absolute Gasteiger partial charge is 0.484 e. The second-order valence-electron chi connectivity index (χ2n) is 2.53. The summed E-state index contributed by atoms with van der Waals surface area (Å²) in [7, 11) is 1.56. The molecule has 0 radical (unpaired) electrons. The molecule has 3 N–H and O–H groups in total. The predicted octanol–water partition coefficient (Wildman–Crippen LogP) is 0.394. The van der Waals surface area contributed by atoms with E-state index in [9.17, 15) is 4.79 Å². The van der Waals surface area contributed by atoms with Gasteiger partial charge in [0.1, 0.15) is 5.75 Å². The van der Waals surface area contributed by atoms with Crippen molar-refractivity contribution in [3.63, 3.8) is 0 Å². The van der Waals surface area contributed by atoms with Crippen molar-refractivity contribution in [1.29, 1.82) is 0 Å². The SMILES string of the molecule is CNC(=O)COc1ccc(N)cc1. The third-order valence-electron chi connectivity index (χ3n) is 1.53. The number of ether oxygens (including phenoxy) is 1. The number of hydrogen-bond acceptors (Lipinski definition) is 3. The third-order valence-corrected chi connectivity index (χ3v) is 1.53. The number of amides is 1. The van der Waals surface area contributed by atoms with Gasteiger partial charge in [0.2, 0.25) is 0 Å². The van der Waals surface area contributed by atoms with Gasteiger partial charge >= 0.3 is 0 Å². The summed E-state index contributed by atoms with van der Waals surface area (Å²) in [6, 6.07) is 6.88. The molecule has 0 aliphatic heterocycles.